The first-order chi connectivity index (χ1) is 19.9. The molecule has 208 valence electrons. The van der Waals surface area contributed by atoms with Gasteiger partial charge in [-0.3, -0.25) is 5.32 Å². The van der Waals surface area contributed by atoms with Gasteiger partial charge in [0, 0.05) is 30.9 Å². The van der Waals surface area contributed by atoms with Crippen LogP contribution in [0.1, 0.15) is 29.9 Å². The first-order valence-electron chi connectivity index (χ1n) is 13.4. The molecule has 1 aliphatic rings. The third-order valence-electron chi connectivity index (χ3n) is 7.28. The van der Waals surface area contributed by atoms with Crippen molar-refractivity contribution in [3.63, 3.8) is 0 Å². The third-order valence-corrected chi connectivity index (χ3v) is 8.96. The summed E-state index contributed by atoms with van der Waals surface area (Å²) in [5.74, 6) is 1.37. The minimum Gasteiger partial charge on any atom is -0.410 e. The molecule has 0 aliphatic carbocycles. The average molecular weight is 568 g/mol. The van der Waals surface area contributed by atoms with Gasteiger partial charge in [0.05, 0.1) is 10.3 Å². The Morgan fingerprint density at radius 1 is 0.976 bits per heavy atom. The number of hydrogen-bond donors (Lipinski definition) is 1. The first kappa shape index (κ1) is 26.5. The number of anilines is 2. The summed E-state index contributed by atoms with van der Waals surface area (Å²) in [7, 11) is -3.81. The van der Waals surface area contributed by atoms with Gasteiger partial charge in [0.1, 0.15) is 17.9 Å². The van der Waals surface area contributed by atoms with E-state index in [0.29, 0.717) is 34.8 Å². The van der Waals surface area contributed by atoms with E-state index in [-0.39, 0.29) is 10.8 Å². The lowest BCUT2D eigenvalue weighted by Crippen LogP contribution is -2.35. The molecule has 6 rings (SSSR count). The lowest BCUT2D eigenvalue weighted by atomic mass is 9.90. The van der Waals surface area contributed by atoms with Crippen molar-refractivity contribution in [2.24, 2.45) is 0 Å². The molecule has 0 radical (unpaired) electrons. The number of hydrogen-bond acceptors (Lipinski definition) is 7. The SMILES string of the molecule is Cc1ccc(S(=O)(=O)n2ccc3c(N4CCCC(c5cccc(NC(=O)Oc6ccccc6)c5)C4)ncnc32)cc1. The van der Waals surface area contributed by atoms with E-state index in [0.717, 1.165) is 30.5 Å². The normalized spacial score (nSPS) is 15.5. The van der Waals surface area contributed by atoms with E-state index >= 15 is 0 Å². The van der Waals surface area contributed by atoms with Crippen LogP contribution in [0.4, 0.5) is 16.3 Å². The zero-order valence-corrected chi connectivity index (χ0v) is 23.3. The van der Waals surface area contributed by atoms with Gasteiger partial charge in [-0.05, 0) is 67.8 Å². The van der Waals surface area contributed by atoms with Crippen LogP contribution in [0.15, 0.2) is 102 Å². The monoisotopic (exact) mass is 567 g/mol. The highest BCUT2D eigenvalue weighted by Gasteiger charge is 2.26. The molecule has 1 saturated heterocycles. The maximum absolute atomic E-state index is 13.4. The molecule has 0 spiro atoms. The Balaban J connectivity index is 1.22. The number of para-hydroxylation sites is 1. The third kappa shape index (κ3) is 5.51. The Labute approximate surface area is 238 Å². The zero-order chi connectivity index (χ0) is 28.4. The number of benzene rings is 3. The Bertz CT molecular complexity index is 1800. The van der Waals surface area contributed by atoms with E-state index in [1.165, 1.54) is 10.3 Å². The van der Waals surface area contributed by atoms with Crippen LogP contribution in [0.2, 0.25) is 0 Å². The molecule has 10 heteroatoms. The largest absolute Gasteiger partial charge is 0.417 e. The summed E-state index contributed by atoms with van der Waals surface area (Å²) in [5, 5.41) is 3.50. The minimum atomic E-state index is -3.81. The van der Waals surface area contributed by atoms with Gasteiger partial charge in [-0.15, -0.1) is 0 Å². The van der Waals surface area contributed by atoms with Gasteiger partial charge in [-0.25, -0.2) is 27.2 Å². The van der Waals surface area contributed by atoms with E-state index in [1.807, 2.05) is 31.2 Å². The molecule has 2 aromatic heterocycles. The van der Waals surface area contributed by atoms with Gasteiger partial charge in [0.15, 0.2) is 5.65 Å². The number of aryl methyl sites for hydroxylation is 1. The van der Waals surface area contributed by atoms with Gasteiger partial charge in [0.2, 0.25) is 0 Å². The average Bonchev–Trinajstić information content (AvgIpc) is 3.44. The lowest BCUT2D eigenvalue weighted by molar-refractivity contribution is 0.215. The molecule has 1 fully saturated rings. The quantitative estimate of drug-likeness (QED) is 0.269. The van der Waals surface area contributed by atoms with Crippen LogP contribution in [0, 0.1) is 6.92 Å². The number of ether oxygens (including phenoxy) is 1. The van der Waals surface area contributed by atoms with Gasteiger partial charge < -0.3 is 9.64 Å². The van der Waals surface area contributed by atoms with Crippen molar-refractivity contribution in [2.75, 3.05) is 23.3 Å². The molecule has 1 unspecified atom stereocenters. The van der Waals surface area contributed by atoms with E-state index < -0.39 is 16.1 Å². The van der Waals surface area contributed by atoms with Gasteiger partial charge >= 0.3 is 6.09 Å². The molecular formula is C31H29N5O4S. The number of carbonyl (C=O) groups is 1. The van der Waals surface area contributed by atoms with Crippen molar-refractivity contribution < 1.29 is 17.9 Å². The van der Waals surface area contributed by atoms with E-state index in [2.05, 4.69) is 26.3 Å². The van der Waals surface area contributed by atoms with Crippen molar-refractivity contribution in [3.05, 3.63) is 109 Å². The van der Waals surface area contributed by atoms with E-state index in [9.17, 15) is 13.2 Å². The number of piperidine rings is 1. The number of amides is 1. The fourth-order valence-electron chi connectivity index (χ4n) is 5.24. The minimum absolute atomic E-state index is 0.194. The van der Waals surface area contributed by atoms with Crippen molar-refractivity contribution in [2.45, 2.75) is 30.6 Å². The van der Waals surface area contributed by atoms with E-state index in [1.54, 1.807) is 60.8 Å². The molecule has 41 heavy (non-hydrogen) atoms. The van der Waals surface area contributed by atoms with Crippen LogP contribution >= 0.6 is 0 Å². The predicted octanol–water partition coefficient (Wildman–Crippen LogP) is 5.97. The number of fused-ring (bicyclic) bond motifs is 1. The second-order valence-electron chi connectivity index (χ2n) is 10.1. The van der Waals surface area contributed by atoms with Crippen LogP contribution in [0.25, 0.3) is 11.0 Å². The molecule has 3 aromatic carbocycles. The van der Waals surface area contributed by atoms with Gasteiger partial charge in [0.25, 0.3) is 10.0 Å². The summed E-state index contributed by atoms with van der Waals surface area (Å²) in [4.78, 5) is 23.7. The van der Waals surface area contributed by atoms with Crippen molar-refractivity contribution in [1.82, 2.24) is 13.9 Å². The number of carbonyl (C=O) groups excluding carboxylic acids is 1. The van der Waals surface area contributed by atoms with Crippen molar-refractivity contribution in [3.8, 4) is 5.75 Å². The highest BCUT2D eigenvalue weighted by atomic mass is 32.2. The van der Waals surface area contributed by atoms with Crippen LogP contribution < -0.4 is 15.0 Å². The molecule has 3 heterocycles. The van der Waals surface area contributed by atoms with Crippen molar-refractivity contribution >= 4 is 38.7 Å². The number of nitrogens with one attached hydrogen (secondary N) is 1. The first-order valence-corrected chi connectivity index (χ1v) is 14.9. The number of aromatic nitrogens is 3. The highest BCUT2D eigenvalue weighted by Crippen LogP contribution is 2.34. The van der Waals surface area contributed by atoms with Gasteiger partial charge in [-0.2, -0.15) is 0 Å². The molecule has 0 saturated carbocycles. The predicted molar refractivity (Wildman–Crippen MR) is 158 cm³/mol. The zero-order valence-electron chi connectivity index (χ0n) is 22.5. The second-order valence-corrected chi connectivity index (χ2v) is 11.9. The molecule has 1 amide bonds. The Kier molecular flexibility index (Phi) is 7.15. The molecule has 1 atom stereocenters. The highest BCUT2D eigenvalue weighted by molar-refractivity contribution is 7.90. The summed E-state index contributed by atoms with van der Waals surface area (Å²) in [6.45, 7) is 3.40. The fraction of sp³-hybridized carbons (Fsp3) is 0.194. The lowest BCUT2D eigenvalue weighted by Gasteiger charge is -2.34. The topological polar surface area (TPSA) is 106 Å². The standard InChI is InChI=1S/C31H29N5O4S/c1-22-12-14-27(15-13-22)41(38,39)36-18-16-28-29(32-21-33-30(28)36)35-17-6-8-24(20-35)23-7-5-9-25(19-23)34-31(37)40-26-10-3-2-4-11-26/h2-5,7,9-16,18-19,21,24H,6,8,17,20H2,1H3,(H,34,37). The molecule has 9 nitrogen and oxygen atoms in total. The fourth-order valence-corrected chi connectivity index (χ4v) is 6.54. The molecular weight excluding hydrogens is 538 g/mol. The Morgan fingerprint density at radius 3 is 2.59 bits per heavy atom. The van der Waals surface area contributed by atoms with Crippen molar-refractivity contribution in [1.29, 1.82) is 0 Å². The van der Waals surface area contributed by atoms with Crippen LogP contribution in [-0.4, -0.2) is 41.5 Å². The van der Waals surface area contributed by atoms with Gasteiger partial charge in [-0.1, -0.05) is 48.0 Å². The summed E-state index contributed by atoms with van der Waals surface area (Å²) < 4.78 is 33.4. The summed E-state index contributed by atoms with van der Waals surface area (Å²) in [6, 6.07) is 25.3. The number of nitrogens with zero attached hydrogens (tertiary/aromatic N) is 4. The maximum atomic E-state index is 13.4. The van der Waals surface area contributed by atoms with Crippen LogP contribution in [-0.2, 0) is 10.0 Å². The van der Waals surface area contributed by atoms with Crippen LogP contribution in [0.3, 0.4) is 0 Å². The maximum Gasteiger partial charge on any atom is 0.417 e. The summed E-state index contributed by atoms with van der Waals surface area (Å²) in [6.07, 6.45) is 4.33. The smallest absolute Gasteiger partial charge is 0.410 e. The molecule has 1 aliphatic heterocycles. The summed E-state index contributed by atoms with van der Waals surface area (Å²) >= 11 is 0. The Morgan fingerprint density at radius 2 is 1.78 bits per heavy atom. The number of rotatable bonds is 6. The molecule has 5 aromatic rings. The molecule has 0 bridgehead atoms. The summed E-state index contributed by atoms with van der Waals surface area (Å²) in [5.41, 5.74) is 3.08. The Hall–Kier alpha value is -4.70. The van der Waals surface area contributed by atoms with E-state index in [4.69, 9.17) is 4.74 Å². The van der Waals surface area contributed by atoms with Crippen LogP contribution in [0.5, 0.6) is 5.75 Å². The second kappa shape index (κ2) is 11.1. The molecule has 1 N–H and O–H groups in total.